The lowest BCUT2D eigenvalue weighted by Crippen LogP contribution is -2.14. The van der Waals surface area contributed by atoms with Gasteiger partial charge in [-0.3, -0.25) is 0 Å². The first-order valence-corrected chi connectivity index (χ1v) is 7.68. The Labute approximate surface area is 142 Å². The molecule has 0 saturated carbocycles. The van der Waals surface area contributed by atoms with Crippen molar-refractivity contribution in [2.75, 3.05) is 5.73 Å². The predicted molar refractivity (Wildman–Crippen MR) is 92.8 cm³/mol. The minimum Gasteiger partial charge on any atom is -0.451 e. The summed E-state index contributed by atoms with van der Waals surface area (Å²) in [5.41, 5.74) is 6.23. The zero-order valence-electron chi connectivity index (χ0n) is 14.6. The number of anilines is 1. The van der Waals surface area contributed by atoms with Gasteiger partial charge in [0.25, 0.3) is 0 Å². The van der Waals surface area contributed by atoms with Crippen molar-refractivity contribution >= 4 is 5.82 Å². The molecule has 0 aliphatic carbocycles. The van der Waals surface area contributed by atoms with Gasteiger partial charge in [-0.2, -0.15) is 0 Å². The number of nitrogen functional groups attached to an aromatic ring is 1. The van der Waals surface area contributed by atoms with Crippen LogP contribution in [0.5, 0.6) is 11.5 Å². The first kappa shape index (κ1) is 17.7. The molecule has 2 rings (SSSR count). The van der Waals surface area contributed by atoms with Crippen molar-refractivity contribution < 1.29 is 9.84 Å². The van der Waals surface area contributed by atoms with Gasteiger partial charge in [0.2, 0.25) is 0 Å². The van der Waals surface area contributed by atoms with E-state index in [1.807, 2.05) is 13.8 Å². The number of hydrogen-bond acceptors (Lipinski definition) is 6. The van der Waals surface area contributed by atoms with Crippen LogP contribution in [0, 0.1) is 18.8 Å². The molecular weight excluding hydrogens is 304 g/mol. The Hall–Kier alpha value is -2.65. The summed E-state index contributed by atoms with van der Waals surface area (Å²) in [6.45, 7) is 9.08. The van der Waals surface area contributed by atoms with Gasteiger partial charge in [-0.05, 0) is 32.6 Å². The van der Waals surface area contributed by atoms with Crippen LogP contribution in [0.15, 0.2) is 18.5 Å². The van der Waals surface area contributed by atoms with E-state index < -0.39 is 5.60 Å². The van der Waals surface area contributed by atoms with Crippen LogP contribution < -0.4 is 10.5 Å². The van der Waals surface area contributed by atoms with Gasteiger partial charge in [0.15, 0.2) is 11.6 Å². The second-order valence-electron chi connectivity index (χ2n) is 6.34. The zero-order chi connectivity index (χ0) is 17.9. The summed E-state index contributed by atoms with van der Waals surface area (Å²) in [7, 11) is 0. The molecule has 0 amide bonds. The van der Waals surface area contributed by atoms with Gasteiger partial charge in [0, 0.05) is 17.8 Å². The van der Waals surface area contributed by atoms with Crippen LogP contribution in [0.25, 0.3) is 0 Å². The number of pyridine rings is 1. The zero-order valence-corrected chi connectivity index (χ0v) is 14.6. The van der Waals surface area contributed by atoms with E-state index in [1.54, 1.807) is 39.2 Å². The third-order valence-electron chi connectivity index (χ3n) is 3.14. The molecular formula is C18H22N4O2. The lowest BCUT2D eigenvalue weighted by atomic mass is 10.0. The van der Waals surface area contributed by atoms with E-state index >= 15 is 0 Å². The molecule has 0 atom stereocenters. The molecule has 0 bridgehead atoms. The summed E-state index contributed by atoms with van der Waals surface area (Å²) < 4.78 is 5.91. The molecule has 0 radical (unpaired) electrons. The highest BCUT2D eigenvalue weighted by molar-refractivity contribution is 5.49. The highest BCUT2D eigenvalue weighted by atomic mass is 16.5. The molecule has 0 aliphatic rings. The van der Waals surface area contributed by atoms with E-state index in [4.69, 9.17) is 10.5 Å². The molecule has 6 heteroatoms. The molecule has 0 fully saturated rings. The number of rotatable bonds is 3. The van der Waals surface area contributed by atoms with Crippen LogP contribution in [0.4, 0.5) is 5.82 Å². The summed E-state index contributed by atoms with van der Waals surface area (Å²) in [4.78, 5) is 12.5. The molecule has 3 N–H and O–H groups in total. The van der Waals surface area contributed by atoms with Gasteiger partial charge >= 0.3 is 0 Å². The molecule has 0 aliphatic heterocycles. The second kappa shape index (κ2) is 6.85. The van der Waals surface area contributed by atoms with Crippen molar-refractivity contribution in [1.82, 2.24) is 15.0 Å². The van der Waals surface area contributed by atoms with Gasteiger partial charge in [0.05, 0.1) is 6.20 Å². The van der Waals surface area contributed by atoms with E-state index in [9.17, 15) is 5.11 Å². The Morgan fingerprint density at radius 3 is 2.50 bits per heavy atom. The van der Waals surface area contributed by atoms with Gasteiger partial charge in [-0.25, -0.2) is 15.0 Å². The van der Waals surface area contributed by atoms with Crippen molar-refractivity contribution in [3.8, 4) is 23.3 Å². The van der Waals surface area contributed by atoms with Crippen molar-refractivity contribution in [3.05, 3.63) is 35.5 Å². The Kier molecular flexibility index (Phi) is 5.05. The van der Waals surface area contributed by atoms with Gasteiger partial charge in [-0.15, -0.1) is 0 Å². The van der Waals surface area contributed by atoms with Crippen LogP contribution in [0.3, 0.4) is 0 Å². The Balaban J connectivity index is 2.43. The molecule has 2 heterocycles. The number of nitrogens with zero attached hydrogens (tertiary/aromatic N) is 3. The highest BCUT2D eigenvalue weighted by Crippen LogP contribution is 2.32. The fourth-order valence-electron chi connectivity index (χ4n) is 1.93. The van der Waals surface area contributed by atoms with Crippen molar-refractivity contribution in [2.24, 2.45) is 0 Å². The van der Waals surface area contributed by atoms with Crippen LogP contribution >= 0.6 is 0 Å². The fourth-order valence-corrected chi connectivity index (χ4v) is 1.93. The molecule has 0 saturated heterocycles. The lowest BCUT2D eigenvalue weighted by Gasteiger charge is -2.14. The fraction of sp³-hybridized carbons (Fsp3) is 0.389. The first-order valence-electron chi connectivity index (χ1n) is 7.68. The molecule has 126 valence electrons. The van der Waals surface area contributed by atoms with Crippen LogP contribution in [-0.2, 0) is 0 Å². The van der Waals surface area contributed by atoms with Gasteiger partial charge in [-0.1, -0.05) is 19.8 Å². The molecule has 0 aromatic carbocycles. The van der Waals surface area contributed by atoms with Crippen LogP contribution in [0.2, 0.25) is 0 Å². The highest BCUT2D eigenvalue weighted by Gasteiger charge is 2.13. The number of aliphatic hydroxyl groups is 1. The predicted octanol–water partition coefficient (Wildman–Crippen LogP) is 2.80. The van der Waals surface area contributed by atoms with Crippen molar-refractivity contribution in [3.63, 3.8) is 0 Å². The normalized spacial score (nSPS) is 11.1. The molecule has 0 unspecified atom stereocenters. The smallest absolute Gasteiger partial charge is 0.187 e. The summed E-state index contributed by atoms with van der Waals surface area (Å²) >= 11 is 0. The van der Waals surface area contributed by atoms with E-state index in [1.165, 1.54) is 0 Å². The summed E-state index contributed by atoms with van der Waals surface area (Å²) in [6.07, 6.45) is 3.27. The average Bonchev–Trinajstić information content (AvgIpc) is 2.47. The Morgan fingerprint density at radius 1 is 1.21 bits per heavy atom. The SMILES string of the molecule is Cc1ncc(Oc2cc(C#CC(C)(C)O)ncc2C(C)C)c(N)n1. The minimum absolute atomic E-state index is 0.205. The lowest BCUT2D eigenvalue weighted by molar-refractivity contribution is 0.143. The average molecular weight is 326 g/mol. The topological polar surface area (TPSA) is 94.2 Å². The first-order chi connectivity index (χ1) is 11.2. The monoisotopic (exact) mass is 326 g/mol. The van der Waals surface area contributed by atoms with Crippen molar-refractivity contribution in [2.45, 2.75) is 46.1 Å². The number of aryl methyl sites for hydroxylation is 1. The Bertz CT molecular complexity index is 799. The molecule has 2 aromatic heterocycles. The van der Waals surface area contributed by atoms with Crippen LogP contribution in [-0.4, -0.2) is 25.7 Å². The maximum Gasteiger partial charge on any atom is 0.187 e. The van der Waals surface area contributed by atoms with Crippen molar-refractivity contribution in [1.29, 1.82) is 0 Å². The van der Waals surface area contributed by atoms with E-state index in [-0.39, 0.29) is 11.7 Å². The largest absolute Gasteiger partial charge is 0.451 e. The minimum atomic E-state index is -1.09. The summed E-state index contributed by atoms with van der Waals surface area (Å²) in [5, 5.41) is 9.72. The molecule has 24 heavy (non-hydrogen) atoms. The summed E-state index contributed by atoms with van der Waals surface area (Å²) in [5.74, 6) is 7.62. The van der Waals surface area contributed by atoms with Gasteiger partial charge in [0.1, 0.15) is 22.9 Å². The summed E-state index contributed by atoms with van der Waals surface area (Å²) in [6, 6.07) is 1.73. The van der Waals surface area contributed by atoms with E-state index in [0.29, 0.717) is 23.0 Å². The second-order valence-corrected chi connectivity index (χ2v) is 6.34. The number of nitrogens with two attached hydrogens (primary N) is 1. The quantitative estimate of drug-likeness (QED) is 0.842. The maximum atomic E-state index is 9.72. The Morgan fingerprint density at radius 2 is 1.92 bits per heavy atom. The van der Waals surface area contributed by atoms with Crippen LogP contribution in [0.1, 0.15) is 50.7 Å². The third kappa shape index (κ3) is 4.67. The van der Waals surface area contributed by atoms with E-state index in [2.05, 4.69) is 26.8 Å². The van der Waals surface area contributed by atoms with E-state index in [0.717, 1.165) is 5.56 Å². The maximum absolute atomic E-state index is 9.72. The third-order valence-corrected chi connectivity index (χ3v) is 3.14. The standard InChI is InChI=1S/C18H22N4O2/c1-11(2)14-9-21-13(6-7-18(4,5)23)8-15(14)24-16-10-20-12(3)22-17(16)19/h8-11,23H,1-5H3,(H2,19,20,22). The molecule has 2 aromatic rings. The molecule has 6 nitrogen and oxygen atoms in total. The molecule has 0 spiro atoms. The number of aromatic nitrogens is 3. The van der Waals surface area contributed by atoms with Gasteiger partial charge < -0.3 is 15.6 Å². The number of ether oxygens (including phenoxy) is 1. The number of hydrogen-bond donors (Lipinski definition) is 2.